The quantitative estimate of drug-likeness (QED) is 0.763. The van der Waals surface area contributed by atoms with Crippen LogP contribution in [0.3, 0.4) is 0 Å². The highest BCUT2D eigenvalue weighted by molar-refractivity contribution is 5.94. The van der Waals surface area contributed by atoms with Crippen molar-refractivity contribution in [3.8, 4) is 5.69 Å². The third kappa shape index (κ3) is 2.78. The van der Waals surface area contributed by atoms with Crippen molar-refractivity contribution in [3.63, 3.8) is 0 Å². The molecule has 0 saturated carbocycles. The number of amides is 1. The molecule has 7 heteroatoms. The number of halogens is 1. The van der Waals surface area contributed by atoms with E-state index in [9.17, 15) is 14.3 Å². The number of hydrogen-bond acceptors (Lipinski definition) is 4. The van der Waals surface area contributed by atoms with E-state index < -0.39 is 23.9 Å². The number of rotatable bonds is 3. The van der Waals surface area contributed by atoms with Gasteiger partial charge in [0.05, 0.1) is 12.1 Å². The van der Waals surface area contributed by atoms with E-state index in [0.29, 0.717) is 6.42 Å². The van der Waals surface area contributed by atoms with Crippen molar-refractivity contribution in [3.05, 3.63) is 77.6 Å². The molecule has 0 fully saturated rings. The molecule has 2 aromatic carbocycles. The third-order valence-electron chi connectivity index (χ3n) is 4.37. The monoisotopic (exact) mass is 338 g/mol. The second-order valence-corrected chi connectivity index (χ2v) is 5.93. The maximum absolute atomic E-state index is 14.3. The van der Waals surface area contributed by atoms with Crippen LogP contribution in [0.2, 0.25) is 0 Å². The normalized spacial score (nSPS) is 18.8. The van der Waals surface area contributed by atoms with Crippen molar-refractivity contribution < 1.29 is 14.3 Å². The molecule has 1 aromatic heterocycles. The molecule has 2 N–H and O–H groups in total. The molecule has 0 saturated heterocycles. The van der Waals surface area contributed by atoms with Gasteiger partial charge in [0.1, 0.15) is 24.2 Å². The van der Waals surface area contributed by atoms with Gasteiger partial charge in [-0.1, -0.05) is 24.3 Å². The second kappa shape index (κ2) is 6.10. The number of fused-ring (bicyclic) bond motifs is 1. The van der Waals surface area contributed by atoms with Gasteiger partial charge in [0, 0.05) is 12.0 Å². The average Bonchev–Trinajstić information content (AvgIpc) is 3.23. The summed E-state index contributed by atoms with van der Waals surface area (Å²) < 4.78 is 15.6. The third-order valence-corrected chi connectivity index (χ3v) is 4.37. The van der Waals surface area contributed by atoms with Gasteiger partial charge in [-0.05, 0) is 29.3 Å². The summed E-state index contributed by atoms with van der Waals surface area (Å²) in [6.45, 7) is 0. The fourth-order valence-electron chi connectivity index (χ4n) is 3.14. The first-order chi connectivity index (χ1) is 12.1. The van der Waals surface area contributed by atoms with Crippen LogP contribution in [0.5, 0.6) is 0 Å². The lowest BCUT2D eigenvalue weighted by atomic mass is 10.1. The van der Waals surface area contributed by atoms with Crippen LogP contribution in [0.25, 0.3) is 5.69 Å². The molecular formula is C18H15FN4O2. The molecule has 1 aliphatic rings. The van der Waals surface area contributed by atoms with Crippen LogP contribution >= 0.6 is 0 Å². The van der Waals surface area contributed by atoms with E-state index in [1.807, 2.05) is 24.3 Å². The fraction of sp³-hybridized carbons (Fsp3) is 0.167. The summed E-state index contributed by atoms with van der Waals surface area (Å²) in [5.74, 6) is -1.02. The van der Waals surface area contributed by atoms with Gasteiger partial charge in [0.2, 0.25) is 0 Å². The molecule has 1 heterocycles. The molecule has 0 aliphatic heterocycles. The topological polar surface area (TPSA) is 80.0 Å². The van der Waals surface area contributed by atoms with Gasteiger partial charge >= 0.3 is 0 Å². The van der Waals surface area contributed by atoms with E-state index in [2.05, 4.69) is 15.4 Å². The van der Waals surface area contributed by atoms with E-state index in [0.717, 1.165) is 17.2 Å². The zero-order chi connectivity index (χ0) is 17.4. The van der Waals surface area contributed by atoms with Crippen molar-refractivity contribution in [2.45, 2.75) is 18.6 Å². The summed E-state index contributed by atoms with van der Waals surface area (Å²) in [6.07, 6.45) is 2.48. The summed E-state index contributed by atoms with van der Waals surface area (Å²) in [6, 6.07) is 11.2. The smallest absolute Gasteiger partial charge is 0.251 e. The summed E-state index contributed by atoms with van der Waals surface area (Å²) in [4.78, 5) is 16.3. The number of carbonyl (C=O) groups is 1. The molecule has 0 spiro atoms. The molecule has 1 aliphatic carbocycles. The number of nitrogens with one attached hydrogen (secondary N) is 1. The number of aliphatic hydroxyl groups excluding tert-OH is 1. The molecule has 4 rings (SSSR count). The Morgan fingerprint density at radius 3 is 2.88 bits per heavy atom. The second-order valence-electron chi connectivity index (χ2n) is 5.93. The first kappa shape index (κ1) is 15.5. The Balaban J connectivity index is 1.57. The zero-order valence-corrected chi connectivity index (χ0v) is 13.1. The summed E-state index contributed by atoms with van der Waals surface area (Å²) in [5.41, 5.74) is 2.29. The minimum absolute atomic E-state index is 0.179. The van der Waals surface area contributed by atoms with Gasteiger partial charge in [-0.2, -0.15) is 5.10 Å². The fourth-order valence-corrected chi connectivity index (χ4v) is 3.14. The largest absolute Gasteiger partial charge is 0.390 e. The molecule has 25 heavy (non-hydrogen) atoms. The zero-order valence-electron chi connectivity index (χ0n) is 13.1. The van der Waals surface area contributed by atoms with Crippen LogP contribution < -0.4 is 5.32 Å². The Hall–Kier alpha value is -3.06. The number of aliphatic hydroxyl groups is 1. The van der Waals surface area contributed by atoms with Gasteiger partial charge in [0.25, 0.3) is 5.91 Å². The standard InChI is InChI=1S/C18H15FN4O2/c19-14-7-12(5-6-15(14)23-10-20-9-21-23)18(25)22-17-13-4-2-1-3-11(13)8-16(17)24/h1-7,9-10,16-17,24H,8H2,(H,22,25). The summed E-state index contributed by atoms with van der Waals surface area (Å²) >= 11 is 0. The number of nitrogens with zero attached hydrogens (tertiary/aromatic N) is 3. The van der Waals surface area contributed by atoms with Gasteiger partial charge in [0.15, 0.2) is 0 Å². The van der Waals surface area contributed by atoms with Crippen molar-refractivity contribution in [1.82, 2.24) is 20.1 Å². The van der Waals surface area contributed by atoms with Crippen LogP contribution in [0.15, 0.2) is 55.1 Å². The Kier molecular flexibility index (Phi) is 3.77. The van der Waals surface area contributed by atoms with Crippen molar-refractivity contribution >= 4 is 5.91 Å². The number of benzene rings is 2. The lowest BCUT2D eigenvalue weighted by molar-refractivity contribution is 0.0858. The van der Waals surface area contributed by atoms with Crippen LogP contribution in [0.4, 0.5) is 4.39 Å². The van der Waals surface area contributed by atoms with Gasteiger partial charge in [-0.25, -0.2) is 14.1 Å². The highest BCUT2D eigenvalue weighted by atomic mass is 19.1. The van der Waals surface area contributed by atoms with Gasteiger partial charge in [-0.3, -0.25) is 4.79 Å². The molecular weight excluding hydrogens is 323 g/mol. The predicted molar refractivity (Wildman–Crippen MR) is 87.7 cm³/mol. The first-order valence-corrected chi connectivity index (χ1v) is 7.85. The van der Waals surface area contributed by atoms with Crippen LogP contribution in [-0.2, 0) is 6.42 Å². The Labute approximate surface area is 142 Å². The van der Waals surface area contributed by atoms with E-state index >= 15 is 0 Å². The Morgan fingerprint density at radius 2 is 2.12 bits per heavy atom. The number of aromatic nitrogens is 3. The molecule has 2 atom stereocenters. The molecule has 126 valence electrons. The first-order valence-electron chi connectivity index (χ1n) is 7.85. The van der Waals surface area contributed by atoms with Crippen LogP contribution in [0, 0.1) is 5.82 Å². The van der Waals surface area contributed by atoms with E-state index in [1.54, 1.807) is 0 Å². The van der Waals surface area contributed by atoms with E-state index in [4.69, 9.17) is 0 Å². The van der Waals surface area contributed by atoms with E-state index in [-0.39, 0.29) is 11.3 Å². The highest BCUT2D eigenvalue weighted by Gasteiger charge is 2.32. The Bertz CT molecular complexity index is 927. The summed E-state index contributed by atoms with van der Waals surface area (Å²) in [7, 11) is 0. The lowest BCUT2D eigenvalue weighted by Gasteiger charge is -2.18. The van der Waals surface area contributed by atoms with Crippen LogP contribution in [-0.4, -0.2) is 31.9 Å². The lowest BCUT2D eigenvalue weighted by Crippen LogP contribution is -2.33. The summed E-state index contributed by atoms with van der Waals surface area (Å²) in [5, 5.41) is 16.9. The average molecular weight is 338 g/mol. The van der Waals surface area contributed by atoms with Crippen molar-refractivity contribution in [1.29, 1.82) is 0 Å². The minimum Gasteiger partial charge on any atom is -0.390 e. The molecule has 3 aromatic rings. The molecule has 2 unspecified atom stereocenters. The van der Waals surface area contributed by atoms with Crippen LogP contribution in [0.1, 0.15) is 27.5 Å². The van der Waals surface area contributed by atoms with E-state index in [1.165, 1.54) is 29.5 Å². The minimum atomic E-state index is -0.694. The molecule has 0 radical (unpaired) electrons. The molecule has 6 nitrogen and oxygen atoms in total. The molecule has 1 amide bonds. The SMILES string of the molecule is O=C(NC1c2ccccc2CC1O)c1ccc(-n2cncn2)c(F)c1. The van der Waals surface area contributed by atoms with Gasteiger partial charge < -0.3 is 10.4 Å². The maximum Gasteiger partial charge on any atom is 0.251 e. The van der Waals surface area contributed by atoms with Crippen molar-refractivity contribution in [2.75, 3.05) is 0 Å². The predicted octanol–water partition coefficient (Wildman–Crippen LogP) is 1.79. The maximum atomic E-state index is 14.3. The number of carbonyl (C=O) groups excluding carboxylic acids is 1. The Morgan fingerprint density at radius 1 is 1.28 bits per heavy atom. The number of hydrogen-bond donors (Lipinski definition) is 2. The highest BCUT2D eigenvalue weighted by Crippen LogP contribution is 2.31. The molecule has 0 bridgehead atoms. The van der Waals surface area contributed by atoms with Gasteiger partial charge in [-0.15, -0.1) is 0 Å². The van der Waals surface area contributed by atoms with Crippen molar-refractivity contribution in [2.24, 2.45) is 0 Å².